The van der Waals surface area contributed by atoms with Crippen LogP contribution in [-0.2, 0) is 14.3 Å². The molecule has 1 aliphatic rings. The Morgan fingerprint density at radius 3 is 3.06 bits per heavy atom. The van der Waals surface area contributed by atoms with Crippen molar-refractivity contribution in [3.63, 3.8) is 0 Å². The minimum absolute atomic E-state index is 0.0282. The van der Waals surface area contributed by atoms with Crippen LogP contribution < -0.4 is 5.73 Å². The Morgan fingerprint density at radius 1 is 1.65 bits per heavy atom. The van der Waals surface area contributed by atoms with E-state index >= 15 is 0 Å². The smallest absolute Gasteiger partial charge is 0.222 e. The van der Waals surface area contributed by atoms with Crippen LogP contribution in [0.4, 0.5) is 0 Å². The minimum atomic E-state index is -0.0333. The van der Waals surface area contributed by atoms with Gasteiger partial charge in [-0.3, -0.25) is 4.79 Å². The molecular formula is C12H24N2O3. The Hall–Kier alpha value is -0.650. The first-order valence-corrected chi connectivity index (χ1v) is 6.37. The highest BCUT2D eigenvalue weighted by atomic mass is 16.5. The molecule has 0 spiro atoms. The topological polar surface area (TPSA) is 64.8 Å². The van der Waals surface area contributed by atoms with Crippen LogP contribution in [-0.4, -0.2) is 55.9 Å². The SMILES string of the molecule is CCOCCCC(=O)N1CCOC(C(C)N)C1. The molecule has 2 atom stereocenters. The molecule has 5 nitrogen and oxygen atoms in total. The molecule has 1 aliphatic heterocycles. The van der Waals surface area contributed by atoms with Crippen molar-refractivity contribution in [3.8, 4) is 0 Å². The normalized spacial score (nSPS) is 22.5. The van der Waals surface area contributed by atoms with Crippen molar-refractivity contribution in [3.05, 3.63) is 0 Å². The lowest BCUT2D eigenvalue weighted by Gasteiger charge is -2.34. The van der Waals surface area contributed by atoms with Gasteiger partial charge in [0.05, 0.1) is 12.7 Å². The zero-order chi connectivity index (χ0) is 12.7. The zero-order valence-corrected chi connectivity index (χ0v) is 10.9. The number of hydrogen-bond donors (Lipinski definition) is 1. The van der Waals surface area contributed by atoms with Crippen LogP contribution in [0.15, 0.2) is 0 Å². The van der Waals surface area contributed by atoms with Crippen LogP contribution in [0.25, 0.3) is 0 Å². The van der Waals surface area contributed by atoms with Crippen molar-refractivity contribution in [2.24, 2.45) is 5.73 Å². The van der Waals surface area contributed by atoms with E-state index in [1.54, 1.807) is 0 Å². The second kappa shape index (κ2) is 7.63. The van der Waals surface area contributed by atoms with Crippen LogP contribution in [0.1, 0.15) is 26.7 Å². The number of rotatable bonds is 6. The van der Waals surface area contributed by atoms with Crippen LogP contribution in [0.3, 0.4) is 0 Å². The summed E-state index contributed by atoms with van der Waals surface area (Å²) in [7, 11) is 0. The summed E-state index contributed by atoms with van der Waals surface area (Å²) < 4.78 is 10.7. The van der Waals surface area contributed by atoms with E-state index in [1.807, 2.05) is 18.7 Å². The Morgan fingerprint density at radius 2 is 2.41 bits per heavy atom. The molecule has 0 aromatic heterocycles. The molecule has 17 heavy (non-hydrogen) atoms. The molecule has 2 N–H and O–H groups in total. The first-order valence-electron chi connectivity index (χ1n) is 6.37. The van der Waals surface area contributed by atoms with E-state index in [2.05, 4.69) is 0 Å². The number of morpholine rings is 1. The number of carbonyl (C=O) groups is 1. The number of nitrogens with two attached hydrogens (primary N) is 1. The van der Waals surface area contributed by atoms with Crippen molar-refractivity contribution >= 4 is 5.91 Å². The summed E-state index contributed by atoms with van der Waals surface area (Å²) in [6, 6.07) is -0.0333. The van der Waals surface area contributed by atoms with Gasteiger partial charge in [-0.05, 0) is 20.3 Å². The van der Waals surface area contributed by atoms with Crippen LogP contribution in [0, 0.1) is 0 Å². The maximum absolute atomic E-state index is 11.9. The molecule has 0 bridgehead atoms. The van der Waals surface area contributed by atoms with Crippen molar-refractivity contribution in [1.29, 1.82) is 0 Å². The molecule has 5 heteroatoms. The molecule has 0 aromatic carbocycles. The lowest BCUT2D eigenvalue weighted by atomic mass is 10.1. The van der Waals surface area contributed by atoms with E-state index in [-0.39, 0.29) is 18.1 Å². The van der Waals surface area contributed by atoms with E-state index in [0.29, 0.717) is 39.3 Å². The molecule has 1 saturated heterocycles. The van der Waals surface area contributed by atoms with Gasteiger partial charge in [0, 0.05) is 38.8 Å². The highest BCUT2D eigenvalue weighted by Gasteiger charge is 2.25. The van der Waals surface area contributed by atoms with Gasteiger partial charge >= 0.3 is 0 Å². The standard InChI is InChI=1S/C12H24N2O3/c1-3-16-7-4-5-12(15)14-6-8-17-11(9-14)10(2)13/h10-11H,3-9,13H2,1-2H3. The van der Waals surface area contributed by atoms with Crippen LogP contribution >= 0.6 is 0 Å². The second-order valence-electron chi connectivity index (χ2n) is 4.41. The van der Waals surface area contributed by atoms with Gasteiger partial charge in [0.2, 0.25) is 5.91 Å². The molecule has 0 saturated carbocycles. The number of hydrogen-bond acceptors (Lipinski definition) is 4. The Balaban J connectivity index is 2.26. The fourth-order valence-electron chi connectivity index (χ4n) is 1.85. The van der Waals surface area contributed by atoms with Gasteiger partial charge in [0.1, 0.15) is 0 Å². The molecule has 1 fully saturated rings. The quantitative estimate of drug-likeness (QED) is 0.686. The van der Waals surface area contributed by atoms with Gasteiger partial charge in [-0.1, -0.05) is 0 Å². The summed E-state index contributed by atoms with van der Waals surface area (Å²) in [5.41, 5.74) is 5.79. The van der Waals surface area contributed by atoms with E-state index in [1.165, 1.54) is 0 Å². The molecule has 100 valence electrons. The number of nitrogens with zero attached hydrogens (tertiary/aromatic N) is 1. The average molecular weight is 244 g/mol. The van der Waals surface area contributed by atoms with E-state index in [0.717, 1.165) is 6.42 Å². The third-order valence-electron chi connectivity index (χ3n) is 2.92. The van der Waals surface area contributed by atoms with Crippen molar-refractivity contribution < 1.29 is 14.3 Å². The summed E-state index contributed by atoms with van der Waals surface area (Å²) >= 11 is 0. The van der Waals surface area contributed by atoms with Crippen LogP contribution in [0.2, 0.25) is 0 Å². The maximum Gasteiger partial charge on any atom is 0.222 e. The molecule has 0 aliphatic carbocycles. The van der Waals surface area contributed by atoms with Crippen molar-refractivity contribution in [1.82, 2.24) is 4.90 Å². The zero-order valence-electron chi connectivity index (χ0n) is 10.9. The van der Waals surface area contributed by atoms with Gasteiger partial charge < -0.3 is 20.1 Å². The molecular weight excluding hydrogens is 220 g/mol. The lowest BCUT2D eigenvalue weighted by molar-refractivity contribution is -0.139. The van der Waals surface area contributed by atoms with Gasteiger partial charge in [-0.15, -0.1) is 0 Å². The van der Waals surface area contributed by atoms with E-state index < -0.39 is 0 Å². The minimum Gasteiger partial charge on any atom is -0.382 e. The van der Waals surface area contributed by atoms with Gasteiger partial charge in [0.15, 0.2) is 0 Å². The Bertz CT molecular complexity index is 234. The fraction of sp³-hybridized carbons (Fsp3) is 0.917. The predicted molar refractivity (Wildman–Crippen MR) is 65.7 cm³/mol. The van der Waals surface area contributed by atoms with E-state index in [9.17, 15) is 4.79 Å². The number of amides is 1. The summed E-state index contributed by atoms with van der Waals surface area (Å²) in [5.74, 6) is 0.179. The first-order chi connectivity index (χ1) is 8.15. The average Bonchev–Trinajstić information content (AvgIpc) is 2.34. The number of carbonyl (C=O) groups excluding carboxylic acids is 1. The molecule has 0 aromatic rings. The second-order valence-corrected chi connectivity index (χ2v) is 4.41. The lowest BCUT2D eigenvalue weighted by Crippen LogP contribution is -2.51. The largest absolute Gasteiger partial charge is 0.382 e. The van der Waals surface area contributed by atoms with Gasteiger partial charge in [-0.2, -0.15) is 0 Å². The summed E-state index contributed by atoms with van der Waals surface area (Å²) in [6.45, 7) is 7.11. The van der Waals surface area contributed by atoms with Gasteiger partial charge in [-0.25, -0.2) is 0 Å². The van der Waals surface area contributed by atoms with E-state index in [4.69, 9.17) is 15.2 Å². The highest BCUT2D eigenvalue weighted by Crippen LogP contribution is 2.09. The predicted octanol–water partition coefficient (Wildman–Crippen LogP) is 0.378. The molecule has 2 unspecified atom stereocenters. The Labute approximate surface area is 103 Å². The first kappa shape index (κ1) is 14.4. The van der Waals surface area contributed by atoms with Crippen molar-refractivity contribution in [2.45, 2.75) is 38.8 Å². The van der Waals surface area contributed by atoms with Gasteiger partial charge in [0.25, 0.3) is 0 Å². The summed E-state index contributed by atoms with van der Waals surface area (Å²) in [6.07, 6.45) is 1.30. The summed E-state index contributed by atoms with van der Waals surface area (Å²) in [4.78, 5) is 13.8. The molecule has 1 rings (SSSR count). The third-order valence-corrected chi connectivity index (χ3v) is 2.92. The maximum atomic E-state index is 11.9. The Kier molecular flexibility index (Phi) is 6.47. The third kappa shape index (κ3) is 5.02. The molecule has 1 amide bonds. The van der Waals surface area contributed by atoms with Crippen LogP contribution in [0.5, 0.6) is 0 Å². The monoisotopic (exact) mass is 244 g/mol. The van der Waals surface area contributed by atoms with Crippen molar-refractivity contribution in [2.75, 3.05) is 32.9 Å². The highest BCUT2D eigenvalue weighted by molar-refractivity contribution is 5.76. The molecule has 1 heterocycles. The summed E-state index contributed by atoms with van der Waals surface area (Å²) in [5, 5.41) is 0. The molecule has 0 radical (unpaired) electrons. The number of ether oxygens (including phenoxy) is 2. The fourth-order valence-corrected chi connectivity index (χ4v) is 1.85.